The zero-order valence-electron chi connectivity index (χ0n) is 17.2. The number of benzene rings is 3. The van der Waals surface area contributed by atoms with Crippen LogP contribution in [0.15, 0.2) is 96.2 Å². The van der Waals surface area contributed by atoms with Crippen LogP contribution in [0.4, 0.5) is 5.13 Å². The summed E-state index contributed by atoms with van der Waals surface area (Å²) in [6.45, 7) is 2.92. The van der Waals surface area contributed by atoms with Crippen molar-refractivity contribution in [1.82, 2.24) is 9.55 Å². The Bertz CT molecular complexity index is 1330. The van der Waals surface area contributed by atoms with E-state index in [1.54, 1.807) is 11.3 Å². The summed E-state index contributed by atoms with van der Waals surface area (Å²) < 4.78 is 2.27. The molecule has 0 fully saturated rings. The van der Waals surface area contributed by atoms with Crippen molar-refractivity contribution >= 4 is 33.6 Å². The zero-order valence-corrected chi connectivity index (χ0v) is 18.0. The molecule has 4 nitrogen and oxygen atoms in total. The lowest BCUT2D eigenvalue weighted by atomic mass is 10.1. The van der Waals surface area contributed by atoms with Crippen molar-refractivity contribution in [2.24, 2.45) is 5.10 Å². The Labute approximate surface area is 185 Å². The molecule has 3 aromatic carbocycles. The number of nitrogens with one attached hydrogen (secondary N) is 1. The van der Waals surface area contributed by atoms with Gasteiger partial charge in [0.1, 0.15) is 0 Å². The second-order valence-corrected chi connectivity index (χ2v) is 8.58. The van der Waals surface area contributed by atoms with Crippen LogP contribution in [0.3, 0.4) is 0 Å². The van der Waals surface area contributed by atoms with Gasteiger partial charge in [-0.1, -0.05) is 78.9 Å². The van der Waals surface area contributed by atoms with Crippen LogP contribution in [-0.2, 0) is 6.54 Å². The van der Waals surface area contributed by atoms with Gasteiger partial charge in [-0.05, 0) is 18.6 Å². The summed E-state index contributed by atoms with van der Waals surface area (Å²) in [6, 6.07) is 29.2. The monoisotopic (exact) mass is 422 g/mol. The Morgan fingerprint density at radius 1 is 0.935 bits per heavy atom. The molecule has 0 aliphatic rings. The lowest BCUT2D eigenvalue weighted by Gasteiger charge is -2.05. The molecule has 0 aliphatic heterocycles. The molecule has 0 amide bonds. The van der Waals surface area contributed by atoms with Crippen molar-refractivity contribution in [2.75, 3.05) is 5.43 Å². The highest BCUT2D eigenvalue weighted by Crippen LogP contribution is 2.30. The molecule has 1 N–H and O–H groups in total. The topological polar surface area (TPSA) is 42.2 Å². The van der Waals surface area contributed by atoms with Gasteiger partial charge in [-0.3, -0.25) is 5.43 Å². The number of fused-ring (bicyclic) bond motifs is 1. The number of hydrogen-bond donors (Lipinski definition) is 1. The largest absolute Gasteiger partial charge is 0.342 e. The van der Waals surface area contributed by atoms with E-state index in [2.05, 4.69) is 88.9 Å². The quantitative estimate of drug-likeness (QED) is 0.248. The van der Waals surface area contributed by atoms with Crippen molar-refractivity contribution in [3.8, 4) is 11.3 Å². The molecule has 0 radical (unpaired) electrons. The van der Waals surface area contributed by atoms with E-state index in [0.717, 1.165) is 28.5 Å². The molecule has 2 heterocycles. The van der Waals surface area contributed by atoms with Crippen LogP contribution >= 0.6 is 11.3 Å². The highest BCUT2D eigenvalue weighted by atomic mass is 32.1. The zero-order chi connectivity index (χ0) is 21.0. The maximum absolute atomic E-state index is 4.72. The molecule has 0 saturated heterocycles. The molecule has 5 aromatic rings. The fourth-order valence-corrected chi connectivity index (χ4v) is 4.54. The summed E-state index contributed by atoms with van der Waals surface area (Å²) in [5.41, 5.74) is 8.79. The van der Waals surface area contributed by atoms with E-state index in [1.165, 1.54) is 21.3 Å². The Morgan fingerprint density at radius 2 is 1.65 bits per heavy atom. The summed E-state index contributed by atoms with van der Waals surface area (Å²) in [7, 11) is 0. The van der Waals surface area contributed by atoms with Gasteiger partial charge in [-0.2, -0.15) is 5.10 Å². The van der Waals surface area contributed by atoms with E-state index < -0.39 is 0 Å². The molecule has 31 heavy (non-hydrogen) atoms. The van der Waals surface area contributed by atoms with Crippen LogP contribution in [0.25, 0.3) is 22.2 Å². The maximum Gasteiger partial charge on any atom is 0.204 e. The van der Waals surface area contributed by atoms with Gasteiger partial charge in [0.05, 0.1) is 11.9 Å². The van der Waals surface area contributed by atoms with Gasteiger partial charge in [0.25, 0.3) is 0 Å². The summed E-state index contributed by atoms with van der Waals surface area (Å²) in [5, 5.41) is 6.47. The summed E-state index contributed by atoms with van der Waals surface area (Å²) in [4.78, 5) is 5.89. The van der Waals surface area contributed by atoms with Crippen molar-refractivity contribution in [3.05, 3.63) is 107 Å². The van der Waals surface area contributed by atoms with E-state index in [1.807, 2.05) is 30.5 Å². The van der Waals surface area contributed by atoms with Crippen molar-refractivity contribution in [3.63, 3.8) is 0 Å². The Balaban J connectivity index is 1.39. The third-order valence-electron chi connectivity index (χ3n) is 5.22. The lowest BCUT2D eigenvalue weighted by molar-refractivity contribution is 0.836. The van der Waals surface area contributed by atoms with Crippen LogP contribution in [0.1, 0.15) is 16.0 Å². The van der Waals surface area contributed by atoms with Crippen molar-refractivity contribution in [1.29, 1.82) is 0 Å². The maximum atomic E-state index is 4.72. The van der Waals surface area contributed by atoms with Gasteiger partial charge in [-0.15, -0.1) is 11.3 Å². The summed E-state index contributed by atoms with van der Waals surface area (Å²) in [6.07, 6.45) is 4.04. The SMILES string of the molecule is Cc1sc(N/N=C/c2cn(Cc3ccccc3)c3ccccc23)nc1-c1ccccc1. The molecule has 5 rings (SSSR count). The average molecular weight is 423 g/mol. The Hall–Kier alpha value is -3.70. The third kappa shape index (κ3) is 4.13. The second kappa shape index (κ2) is 8.58. The smallest absolute Gasteiger partial charge is 0.204 e. The van der Waals surface area contributed by atoms with Crippen LogP contribution in [0, 0.1) is 6.92 Å². The molecule has 5 heteroatoms. The second-order valence-electron chi connectivity index (χ2n) is 7.37. The first-order valence-corrected chi connectivity index (χ1v) is 11.0. The first-order valence-electron chi connectivity index (χ1n) is 10.2. The predicted octanol–water partition coefficient (Wildman–Crippen LogP) is 6.57. The molecule has 0 spiro atoms. The van der Waals surface area contributed by atoms with E-state index >= 15 is 0 Å². The number of aromatic nitrogens is 2. The molecular weight excluding hydrogens is 400 g/mol. The number of thiazole rings is 1. The lowest BCUT2D eigenvalue weighted by Crippen LogP contribution is -1.97. The van der Waals surface area contributed by atoms with Crippen molar-refractivity contribution in [2.45, 2.75) is 13.5 Å². The van der Waals surface area contributed by atoms with Crippen LogP contribution in [0.2, 0.25) is 0 Å². The minimum absolute atomic E-state index is 0.792. The molecule has 0 atom stereocenters. The van der Waals surface area contributed by atoms with E-state index in [-0.39, 0.29) is 0 Å². The highest BCUT2D eigenvalue weighted by Gasteiger charge is 2.10. The van der Waals surface area contributed by atoms with Crippen LogP contribution in [0.5, 0.6) is 0 Å². The fraction of sp³-hybridized carbons (Fsp3) is 0.0769. The molecule has 0 saturated carbocycles. The molecule has 0 bridgehead atoms. The summed E-state index contributed by atoms with van der Waals surface area (Å²) in [5.74, 6) is 0. The Kier molecular flexibility index (Phi) is 5.33. The number of hydrogen-bond acceptors (Lipinski definition) is 4. The predicted molar refractivity (Wildman–Crippen MR) is 131 cm³/mol. The minimum atomic E-state index is 0.792. The standard InChI is InChI=1S/C26H22N4S/c1-19-25(21-12-6-3-7-13-21)28-26(31-19)29-27-16-22-18-30(17-20-10-4-2-5-11-20)24-15-9-8-14-23(22)24/h2-16,18H,17H2,1H3,(H,28,29)/b27-16+. The third-order valence-corrected chi connectivity index (χ3v) is 6.10. The van der Waals surface area contributed by atoms with E-state index in [9.17, 15) is 0 Å². The minimum Gasteiger partial charge on any atom is -0.342 e. The number of aryl methyl sites for hydroxylation is 1. The van der Waals surface area contributed by atoms with E-state index in [4.69, 9.17) is 4.98 Å². The van der Waals surface area contributed by atoms with Crippen molar-refractivity contribution < 1.29 is 0 Å². The average Bonchev–Trinajstić information content (AvgIpc) is 3.35. The number of rotatable bonds is 6. The number of nitrogens with zero attached hydrogens (tertiary/aromatic N) is 3. The first-order chi connectivity index (χ1) is 15.3. The highest BCUT2D eigenvalue weighted by molar-refractivity contribution is 7.15. The number of para-hydroxylation sites is 1. The normalized spacial score (nSPS) is 11.4. The first kappa shape index (κ1) is 19.3. The fourth-order valence-electron chi connectivity index (χ4n) is 3.75. The van der Waals surface area contributed by atoms with Gasteiger partial charge in [-0.25, -0.2) is 4.98 Å². The molecular formula is C26H22N4S. The van der Waals surface area contributed by atoms with Crippen LogP contribution in [-0.4, -0.2) is 15.8 Å². The molecule has 0 unspecified atom stereocenters. The molecule has 152 valence electrons. The van der Waals surface area contributed by atoms with Gasteiger partial charge in [0.15, 0.2) is 0 Å². The number of anilines is 1. The molecule has 0 aliphatic carbocycles. The van der Waals surface area contributed by atoms with Gasteiger partial charge < -0.3 is 4.57 Å². The molecule has 2 aromatic heterocycles. The van der Waals surface area contributed by atoms with Crippen LogP contribution < -0.4 is 5.43 Å². The van der Waals surface area contributed by atoms with Gasteiger partial charge >= 0.3 is 0 Å². The number of hydrazone groups is 1. The van der Waals surface area contributed by atoms with E-state index in [0.29, 0.717) is 0 Å². The Morgan fingerprint density at radius 3 is 2.45 bits per heavy atom. The van der Waals surface area contributed by atoms with Gasteiger partial charge in [0.2, 0.25) is 5.13 Å². The van der Waals surface area contributed by atoms with Gasteiger partial charge in [0, 0.05) is 39.6 Å². The summed E-state index contributed by atoms with van der Waals surface area (Å²) >= 11 is 1.61.